The Hall–Kier alpha value is -1.64. The number of benzene rings is 2. The molecule has 0 saturated carbocycles. The van der Waals surface area contributed by atoms with Gasteiger partial charge in [-0.1, -0.05) is 54.6 Å². The van der Waals surface area contributed by atoms with E-state index in [1.807, 2.05) is 0 Å². The van der Waals surface area contributed by atoms with E-state index in [2.05, 4.69) is 64.4 Å². The third-order valence-corrected chi connectivity index (χ3v) is 5.73. The average Bonchev–Trinajstić information content (AvgIpc) is 3.07. The molecule has 1 aliphatic heterocycles. The summed E-state index contributed by atoms with van der Waals surface area (Å²) in [6, 6.07) is 20.6. The van der Waals surface area contributed by atoms with Gasteiger partial charge in [0.1, 0.15) is 0 Å². The number of hydrogen-bond donors (Lipinski definition) is 0. The fourth-order valence-electron chi connectivity index (χ4n) is 4.36. The van der Waals surface area contributed by atoms with Crippen LogP contribution in [-0.2, 0) is 12.8 Å². The Kier molecular flexibility index (Phi) is 4.96. The maximum absolute atomic E-state index is 2.72. The molecule has 2 nitrogen and oxygen atoms in total. The minimum Gasteiger partial charge on any atom is -0.301 e. The van der Waals surface area contributed by atoms with Crippen molar-refractivity contribution in [1.29, 1.82) is 0 Å². The minimum atomic E-state index is 0.674. The first-order chi connectivity index (χ1) is 11.9. The van der Waals surface area contributed by atoms with E-state index in [1.165, 1.54) is 64.0 Å². The average molecular weight is 320 g/mol. The van der Waals surface area contributed by atoms with Gasteiger partial charge in [0, 0.05) is 32.2 Å². The Morgan fingerprint density at radius 2 is 1.58 bits per heavy atom. The first-order valence-electron chi connectivity index (χ1n) is 9.48. The van der Waals surface area contributed by atoms with Crippen LogP contribution in [0.1, 0.15) is 35.6 Å². The van der Waals surface area contributed by atoms with E-state index in [-0.39, 0.29) is 0 Å². The molecule has 1 atom stereocenters. The van der Waals surface area contributed by atoms with Gasteiger partial charge in [0.25, 0.3) is 0 Å². The quantitative estimate of drug-likeness (QED) is 0.824. The predicted octanol–water partition coefficient (Wildman–Crippen LogP) is 3.92. The number of aryl methyl sites for hydroxylation is 2. The molecule has 2 heteroatoms. The molecular weight excluding hydrogens is 292 g/mol. The predicted molar refractivity (Wildman–Crippen MR) is 100 cm³/mol. The second-order valence-electron chi connectivity index (χ2n) is 7.22. The van der Waals surface area contributed by atoms with E-state index in [9.17, 15) is 0 Å². The normalized spacial score (nSPS) is 21.8. The molecule has 1 heterocycles. The van der Waals surface area contributed by atoms with Crippen molar-refractivity contribution in [2.24, 2.45) is 0 Å². The van der Waals surface area contributed by atoms with E-state index in [1.54, 1.807) is 11.1 Å². The Labute approximate surface area is 146 Å². The molecule has 1 aliphatic carbocycles. The fourth-order valence-corrected chi connectivity index (χ4v) is 4.36. The van der Waals surface area contributed by atoms with Crippen LogP contribution in [0.2, 0.25) is 0 Å². The number of fused-ring (bicyclic) bond motifs is 1. The lowest BCUT2D eigenvalue weighted by atomic mass is 10.1. The Morgan fingerprint density at radius 3 is 2.42 bits per heavy atom. The molecule has 24 heavy (non-hydrogen) atoms. The number of nitrogens with zero attached hydrogens (tertiary/aromatic N) is 2. The first kappa shape index (κ1) is 15.9. The maximum atomic E-state index is 2.72. The number of piperazine rings is 1. The van der Waals surface area contributed by atoms with Gasteiger partial charge in [-0.3, -0.25) is 4.90 Å². The Balaban J connectivity index is 1.24. The van der Waals surface area contributed by atoms with Crippen LogP contribution >= 0.6 is 0 Å². The van der Waals surface area contributed by atoms with Crippen LogP contribution < -0.4 is 0 Å². The van der Waals surface area contributed by atoms with E-state index in [4.69, 9.17) is 0 Å². The van der Waals surface area contributed by atoms with Gasteiger partial charge in [0.05, 0.1) is 0 Å². The van der Waals surface area contributed by atoms with Gasteiger partial charge in [0.2, 0.25) is 0 Å². The summed E-state index contributed by atoms with van der Waals surface area (Å²) in [5.41, 5.74) is 4.64. The summed E-state index contributed by atoms with van der Waals surface area (Å²) in [5.74, 6) is 0. The van der Waals surface area contributed by atoms with E-state index < -0.39 is 0 Å². The summed E-state index contributed by atoms with van der Waals surface area (Å²) >= 11 is 0. The molecule has 0 radical (unpaired) electrons. The van der Waals surface area contributed by atoms with E-state index in [0.717, 1.165) is 0 Å². The molecule has 0 bridgehead atoms. The zero-order valence-electron chi connectivity index (χ0n) is 14.5. The minimum absolute atomic E-state index is 0.674. The summed E-state index contributed by atoms with van der Waals surface area (Å²) < 4.78 is 0. The maximum Gasteiger partial charge on any atom is 0.0355 e. The number of rotatable bonds is 5. The third kappa shape index (κ3) is 3.55. The summed E-state index contributed by atoms with van der Waals surface area (Å²) in [5, 5.41) is 0. The summed E-state index contributed by atoms with van der Waals surface area (Å²) in [4.78, 5) is 5.37. The van der Waals surface area contributed by atoms with Crippen molar-refractivity contribution in [3.05, 3.63) is 71.3 Å². The molecule has 0 spiro atoms. The van der Waals surface area contributed by atoms with Gasteiger partial charge in [-0.25, -0.2) is 0 Å². The van der Waals surface area contributed by atoms with Crippen LogP contribution in [0.3, 0.4) is 0 Å². The van der Waals surface area contributed by atoms with Crippen LogP contribution in [0.4, 0.5) is 0 Å². The lowest BCUT2D eigenvalue weighted by Gasteiger charge is -2.38. The van der Waals surface area contributed by atoms with Crippen LogP contribution in [0.15, 0.2) is 54.6 Å². The zero-order chi connectivity index (χ0) is 16.2. The van der Waals surface area contributed by atoms with Crippen molar-refractivity contribution in [3.8, 4) is 0 Å². The highest BCUT2D eigenvalue weighted by molar-refractivity contribution is 5.34. The molecule has 1 fully saturated rings. The van der Waals surface area contributed by atoms with Crippen LogP contribution in [0.25, 0.3) is 0 Å². The molecule has 1 unspecified atom stereocenters. The smallest absolute Gasteiger partial charge is 0.0355 e. The van der Waals surface area contributed by atoms with Crippen molar-refractivity contribution >= 4 is 0 Å². The van der Waals surface area contributed by atoms with Crippen LogP contribution in [0, 0.1) is 0 Å². The summed E-state index contributed by atoms with van der Waals surface area (Å²) in [6.07, 6.45) is 5.05. The molecule has 0 aromatic heterocycles. The van der Waals surface area contributed by atoms with Gasteiger partial charge >= 0.3 is 0 Å². The van der Waals surface area contributed by atoms with Crippen LogP contribution in [-0.4, -0.2) is 42.5 Å². The van der Waals surface area contributed by atoms with E-state index in [0.29, 0.717) is 6.04 Å². The molecular formula is C22H28N2. The Bertz CT molecular complexity index is 644. The zero-order valence-corrected chi connectivity index (χ0v) is 14.5. The van der Waals surface area contributed by atoms with Crippen molar-refractivity contribution < 1.29 is 0 Å². The largest absolute Gasteiger partial charge is 0.301 e. The second-order valence-corrected chi connectivity index (χ2v) is 7.22. The first-order valence-corrected chi connectivity index (χ1v) is 9.48. The van der Waals surface area contributed by atoms with Gasteiger partial charge in [-0.05, 0) is 48.9 Å². The molecule has 0 N–H and O–H groups in total. The molecule has 126 valence electrons. The summed E-state index contributed by atoms with van der Waals surface area (Å²) in [7, 11) is 0. The molecule has 4 rings (SSSR count). The van der Waals surface area contributed by atoms with Gasteiger partial charge in [-0.2, -0.15) is 0 Å². The highest BCUT2D eigenvalue weighted by atomic mass is 15.3. The highest BCUT2D eigenvalue weighted by Gasteiger charge is 2.29. The molecule has 1 saturated heterocycles. The van der Waals surface area contributed by atoms with Crippen molar-refractivity contribution in [2.45, 2.75) is 31.7 Å². The van der Waals surface area contributed by atoms with Crippen molar-refractivity contribution in [3.63, 3.8) is 0 Å². The SMILES string of the molecule is c1ccc(CCCN2CCN(C3CCc4ccccc43)CC2)cc1. The van der Waals surface area contributed by atoms with Crippen molar-refractivity contribution in [1.82, 2.24) is 9.80 Å². The topological polar surface area (TPSA) is 6.48 Å². The molecule has 0 amide bonds. The van der Waals surface area contributed by atoms with Crippen molar-refractivity contribution in [2.75, 3.05) is 32.7 Å². The monoisotopic (exact) mass is 320 g/mol. The van der Waals surface area contributed by atoms with Gasteiger partial charge in [-0.15, -0.1) is 0 Å². The third-order valence-electron chi connectivity index (χ3n) is 5.73. The lowest BCUT2D eigenvalue weighted by Crippen LogP contribution is -2.47. The lowest BCUT2D eigenvalue weighted by molar-refractivity contribution is 0.0953. The Morgan fingerprint density at radius 1 is 0.833 bits per heavy atom. The molecule has 2 aromatic carbocycles. The highest BCUT2D eigenvalue weighted by Crippen LogP contribution is 2.35. The fraction of sp³-hybridized carbons (Fsp3) is 0.455. The van der Waals surface area contributed by atoms with Gasteiger partial charge in [0.15, 0.2) is 0 Å². The summed E-state index contributed by atoms with van der Waals surface area (Å²) in [6.45, 7) is 6.15. The number of hydrogen-bond acceptors (Lipinski definition) is 2. The molecule has 2 aromatic rings. The van der Waals surface area contributed by atoms with Gasteiger partial charge < -0.3 is 4.90 Å². The molecule has 2 aliphatic rings. The van der Waals surface area contributed by atoms with E-state index >= 15 is 0 Å². The van der Waals surface area contributed by atoms with Crippen LogP contribution in [0.5, 0.6) is 0 Å². The second kappa shape index (κ2) is 7.50. The standard InChI is InChI=1S/C22H28N2/c1-2-7-19(8-3-1)9-6-14-23-15-17-24(18-16-23)22-13-12-20-10-4-5-11-21(20)22/h1-5,7-8,10-11,22H,6,9,12-18H2.